The lowest BCUT2D eigenvalue weighted by molar-refractivity contribution is -0.137. The van der Waals surface area contributed by atoms with Crippen molar-refractivity contribution in [2.45, 2.75) is 38.4 Å². The molecule has 2 aliphatic rings. The van der Waals surface area contributed by atoms with E-state index in [1.54, 1.807) is 7.05 Å². The van der Waals surface area contributed by atoms with Gasteiger partial charge in [0, 0.05) is 36.9 Å². The van der Waals surface area contributed by atoms with E-state index >= 15 is 0 Å². The van der Waals surface area contributed by atoms with Crippen LogP contribution in [0.25, 0.3) is 0 Å². The Labute approximate surface area is 157 Å². The largest absolute Gasteiger partial charge is 0.418 e. The molecule has 0 aliphatic carbocycles. The van der Waals surface area contributed by atoms with Crippen molar-refractivity contribution in [2.75, 3.05) is 30.4 Å². The van der Waals surface area contributed by atoms with E-state index in [0.717, 1.165) is 35.3 Å². The molecule has 2 aromatic rings. The van der Waals surface area contributed by atoms with Crippen molar-refractivity contribution in [1.82, 2.24) is 5.32 Å². The molecule has 27 heavy (non-hydrogen) atoms. The third-order valence-corrected chi connectivity index (χ3v) is 5.89. The smallest absolute Gasteiger partial charge is 0.370 e. The van der Waals surface area contributed by atoms with E-state index in [2.05, 4.69) is 10.6 Å². The van der Waals surface area contributed by atoms with Gasteiger partial charge in [-0.3, -0.25) is 0 Å². The SMILES string of the molecule is Cc1cccc(C)c1Nc1cc2c(c(C(F)(F)F)c1)N(C)C1CCNCC21. The topological polar surface area (TPSA) is 27.3 Å². The van der Waals surface area contributed by atoms with Crippen LogP contribution < -0.4 is 15.5 Å². The maximum atomic E-state index is 13.9. The molecular weight excluding hydrogens is 351 g/mol. The van der Waals surface area contributed by atoms with Crippen LogP contribution in [0.15, 0.2) is 30.3 Å². The van der Waals surface area contributed by atoms with Gasteiger partial charge >= 0.3 is 6.18 Å². The normalized spacial score (nSPS) is 21.8. The van der Waals surface area contributed by atoms with E-state index in [0.29, 0.717) is 17.9 Å². The highest BCUT2D eigenvalue weighted by atomic mass is 19.4. The molecule has 0 spiro atoms. The van der Waals surface area contributed by atoms with Gasteiger partial charge in [-0.15, -0.1) is 0 Å². The average molecular weight is 375 g/mol. The Morgan fingerprint density at radius 3 is 2.52 bits per heavy atom. The van der Waals surface area contributed by atoms with Crippen molar-refractivity contribution < 1.29 is 13.2 Å². The van der Waals surface area contributed by atoms with E-state index in [-0.39, 0.29) is 12.0 Å². The number of likely N-dealkylation sites (N-methyl/N-ethyl adjacent to an activating group) is 1. The zero-order valence-corrected chi connectivity index (χ0v) is 15.7. The number of para-hydroxylation sites is 1. The van der Waals surface area contributed by atoms with Crippen LogP contribution >= 0.6 is 0 Å². The first-order valence-corrected chi connectivity index (χ1v) is 9.29. The second-order valence-corrected chi connectivity index (χ2v) is 7.63. The number of nitrogens with zero attached hydrogens (tertiary/aromatic N) is 1. The highest BCUT2D eigenvalue weighted by molar-refractivity contribution is 5.76. The lowest BCUT2D eigenvalue weighted by Gasteiger charge is -2.31. The minimum absolute atomic E-state index is 0.0829. The first kappa shape index (κ1) is 18.2. The van der Waals surface area contributed by atoms with Gasteiger partial charge in [0.2, 0.25) is 0 Å². The summed E-state index contributed by atoms with van der Waals surface area (Å²) in [5, 5.41) is 6.59. The zero-order chi connectivity index (χ0) is 19.3. The van der Waals surface area contributed by atoms with E-state index in [1.165, 1.54) is 6.07 Å². The second-order valence-electron chi connectivity index (χ2n) is 7.63. The number of benzene rings is 2. The highest BCUT2D eigenvalue weighted by Crippen LogP contribution is 2.50. The van der Waals surface area contributed by atoms with Gasteiger partial charge in [0.1, 0.15) is 0 Å². The molecule has 0 aromatic heterocycles. The third-order valence-electron chi connectivity index (χ3n) is 5.89. The Kier molecular flexibility index (Phi) is 4.34. The summed E-state index contributed by atoms with van der Waals surface area (Å²) in [5.41, 5.74) is 3.97. The Bertz CT molecular complexity index is 855. The van der Waals surface area contributed by atoms with Gasteiger partial charge in [0.25, 0.3) is 0 Å². The Morgan fingerprint density at radius 2 is 1.85 bits per heavy atom. The summed E-state index contributed by atoms with van der Waals surface area (Å²) in [5.74, 6) is 0.0829. The fourth-order valence-electron chi connectivity index (χ4n) is 4.57. The lowest BCUT2D eigenvalue weighted by Crippen LogP contribution is -2.42. The van der Waals surface area contributed by atoms with E-state index in [4.69, 9.17) is 0 Å². The van der Waals surface area contributed by atoms with E-state index in [9.17, 15) is 13.2 Å². The molecule has 2 unspecified atom stereocenters. The van der Waals surface area contributed by atoms with Crippen molar-refractivity contribution in [3.8, 4) is 0 Å². The molecule has 0 saturated carbocycles. The molecule has 0 bridgehead atoms. The lowest BCUT2D eigenvalue weighted by atomic mass is 9.89. The highest BCUT2D eigenvalue weighted by Gasteiger charge is 2.45. The molecule has 0 radical (unpaired) electrons. The fourth-order valence-corrected chi connectivity index (χ4v) is 4.57. The Balaban J connectivity index is 1.84. The molecule has 4 rings (SSSR count). The number of aryl methyl sites for hydroxylation is 2. The summed E-state index contributed by atoms with van der Waals surface area (Å²) in [4.78, 5) is 1.84. The molecule has 1 fully saturated rings. The molecule has 2 atom stereocenters. The first-order chi connectivity index (χ1) is 12.8. The molecule has 2 aromatic carbocycles. The number of anilines is 3. The number of halogens is 3. The molecule has 2 N–H and O–H groups in total. The predicted molar refractivity (Wildman–Crippen MR) is 103 cm³/mol. The molecule has 144 valence electrons. The molecule has 3 nitrogen and oxygen atoms in total. The number of fused-ring (bicyclic) bond motifs is 3. The van der Waals surface area contributed by atoms with Gasteiger partial charge in [-0.2, -0.15) is 13.2 Å². The Hall–Kier alpha value is -2.21. The first-order valence-electron chi connectivity index (χ1n) is 9.29. The standard InChI is InChI=1S/C21H24F3N3/c1-12-5-4-6-13(2)19(12)26-14-9-15-16-11-25-8-7-18(16)27(3)20(15)17(10-14)21(22,23)24/h4-6,9-10,16,18,25-26H,7-8,11H2,1-3H3. The minimum Gasteiger partial charge on any atom is -0.370 e. The van der Waals surface area contributed by atoms with Crippen LogP contribution in [0, 0.1) is 13.8 Å². The average Bonchev–Trinajstić information content (AvgIpc) is 2.90. The van der Waals surface area contributed by atoms with Gasteiger partial charge in [-0.25, -0.2) is 0 Å². The summed E-state index contributed by atoms with van der Waals surface area (Å²) in [6, 6.07) is 9.16. The van der Waals surface area contributed by atoms with Crippen molar-refractivity contribution in [3.05, 3.63) is 52.6 Å². The van der Waals surface area contributed by atoms with Gasteiger partial charge in [-0.1, -0.05) is 18.2 Å². The van der Waals surface area contributed by atoms with Crippen LogP contribution in [0.2, 0.25) is 0 Å². The summed E-state index contributed by atoms with van der Waals surface area (Å²) in [6.45, 7) is 5.48. The second kappa shape index (κ2) is 6.44. The summed E-state index contributed by atoms with van der Waals surface area (Å²) < 4.78 is 41.7. The molecule has 1 saturated heterocycles. The number of hydrogen-bond acceptors (Lipinski definition) is 3. The minimum atomic E-state index is -4.39. The predicted octanol–water partition coefficient (Wildman–Crippen LogP) is 4.96. The van der Waals surface area contributed by atoms with Crippen LogP contribution in [0.5, 0.6) is 0 Å². The van der Waals surface area contributed by atoms with Crippen molar-refractivity contribution in [2.24, 2.45) is 0 Å². The quantitative estimate of drug-likeness (QED) is 0.777. The summed E-state index contributed by atoms with van der Waals surface area (Å²) >= 11 is 0. The van der Waals surface area contributed by atoms with E-state index in [1.807, 2.05) is 43.0 Å². The number of piperidine rings is 1. The van der Waals surface area contributed by atoms with Gasteiger partial charge < -0.3 is 15.5 Å². The van der Waals surface area contributed by atoms with Crippen LogP contribution in [-0.2, 0) is 6.18 Å². The van der Waals surface area contributed by atoms with Crippen LogP contribution in [0.4, 0.5) is 30.2 Å². The number of rotatable bonds is 2. The molecule has 2 heterocycles. The fraction of sp³-hybridized carbons (Fsp3) is 0.429. The molecular formula is C21H24F3N3. The monoisotopic (exact) mass is 375 g/mol. The van der Waals surface area contributed by atoms with Crippen LogP contribution in [0.1, 0.15) is 34.6 Å². The van der Waals surface area contributed by atoms with Crippen molar-refractivity contribution in [1.29, 1.82) is 0 Å². The number of hydrogen-bond donors (Lipinski definition) is 2. The number of nitrogens with one attached hydrogen (secondary N) is 2. The van der Waals surface area contributed by atoms with Crippen molar-refractivity contribution in [3.63, 3.8) is 0 Å². The number of alkyl halides is 3. The van der Waals surface area contributed by atoms with E-state index < -0.39 is 11.7 Å². The molecule has 6 heteroatoms. The van der Waals surface area contributed by atoms with Gasteiger partial charge in [0.15, 0.2) is 0 Å². The summed E-state index contributed by atoms with van der Waals surface area (Å²) in [7, 11) is 1.79. The van der Waals surface area contributed by atoms with Crippen LogP contribution in [-0.4, -0.2) is 26.2 Å². The van der Waals surface area contributed by atoms with Gasteiger partial charge in [-0.05, 0) is 55.6 Å². The maximum Gasteiger partial charge on any atom is 0.418 e. The molecule has 2 aliphatic heterocycles. The zero-order valence-electron chi connectivity index (χ0n) is 15.7. The van der Waals surface area contributed by atoms with Crippen LogP contribution in [0.3, 0.4) is 0 Å². The van der Waals surface area contributed by atoms with Crippen molar-refractivity contribution >= 4 is 17.1 Å². The van der Waals surface area contributed by atoms with Gasteiger partial charge in [0.05, 0.1) is 11.3 Å². The summed E-state index contributed by atoms with van der Waals surface area (Å²) in [6.07, 6.45) is -3.54. The third kappa shape index (κ3) is 3.06. The molecule has 0 amide bonds. The Morgan fingerprint density at radius 1 is 1.15 bits per heavy atom. The maximum absolute atomic E-state index is 13.9.